The van der Waals surface area contributed by atoms with Crippen LogP contribution in [0.3, 0.4) is 0 Å². The Morgan fingerprint density at radius 3 is 2.35 bits per heavy atom. The van der Waals surface area contributed by atoms with E-state index in [1.165, 1.54) is 11.1 Å². The van der Waals surface area contributed by atoms with Crippen molar-refractivity contribution in [1.82, 2.24) is 10.2 Å². The third-order valence-electron chi connectivity index (χ3n) is 6.50. The summed E-state index contributed by atoms with van der Waals surface area (Å²) in [6.07, 6.45) is 0.897. The minimum atomic E-state index is -0.0601. The van der Waals surface area contributed by atoms with E-state index < -0.39 is 0 Å². The fraction of sp³-hybridized carbons (Fsp3) is 0.321. The minimum absolute atomic E-state index is 0.00127. The molecular weight excluding hydrogens is 428 g/mol. The highest BCUT2D eigenvalue weighted by molar-refractivity contribution is 5.95. The molecule has 0 unspecified atom stereocenters. The second-order valence-corrected chi connectivity index (χ2v) is 8.52. The van der Waals surface area contributed by atoms with Crippen molar-refractivity contribution in [2.75, 3.05) is 34.4 Å². The van der Waals surface area contributed by atoms with Gasteiger partial charge in [0.1, 0.15) is 5.75 Å². The summed E-state index contributed by atoms with van der Waals surface area (Å²) in [5.41, 5.74) is 5.24. The molecule has 0 aliphatic carbocycles. The van der Waals surface area contributed by atoms with Crippen molar-refractivity contribution < 1.29 is 19.0 Å². The molecule has 0 saturated carbocycles. The van der Waals surface area contributed by atoms with Crippen molar-refractivity contribution >= 4 is 5.91 Å². The highest BCUT2D eigenvalue weighted by Gasteiger charge is 2.30. The van der Waals surface area contributed by atoms with Crippen molar-refractivity contribution in [3.05, 3.63) is 88.5 Å². The van der Waals surface area contributed by atoms with Crippen LogP contribution in [0.5, 0.6) is 17.2 Å². The number of benzene rings is 3. The van der Waals surface area contributed by atoms with E-state index in [2.05, 4.69) is 34.5 Å². The van der Waals surface area contributed by atoms with E-state index in [9.17, 15) is 4.79 Å². The average Bonchev–Trinajstić information content (AvgIpc) is 2.87. The maximum absolute atomic E-state index is 13.0. The van der Waals surface area contributed by atoms with Crippen LogP contribution >= 0.6 is 0 Å². The number of nitrogens with one attached hydrogen (secondary N) is 1. The van der Waals surface area contributed by atoms with Gasteiger partial charge >= 0.3 is 0 Å². The van der Waals surface area contributed by atoms with Gasteiger partial charge in [-0.25, -0.2) is 0 Å². The molecular formula is C28H32N2O4. The number of ether oxygens (including phenoxy) is 3. The second-order valence-electron chi connectivity index (χ2n) is 8.52. The van der Waals surface area contributed by atoms with E-state index in [-0.39, 0.29) is 11.9 Å². The van der Waals surface area contributed by atoms with Gasteiger partial charge in [-0.15, -0.1) is 0 Å². The fourth-order valence-corrected chi connectivity index (χ4v) is 4.59. The molecule has 1 aliphatic rings. The maximum atomic E-state index is 13.0. The van der Waals surface area contributed by atoms with E-state index in [1.54, 1.807) is 21.3 Å². The standard InChI is InChI=1S/C28H32N2O4/c1-19-7-5-6-8-23(19)28(31)29-17-25-24-16-27(34-4)26(33-3)15-21(24)13-14-30(25)18-20-9-11-22(32-2)12-10-20/h5-12,15-16,25H,13-14,17-18H2,1-4H3,(H,29,31)/t25-/m0/s1. The smallest absolute Gasteiger partial charge is 0.251 e. The summed E-state index contributed by atoms with van der Waals surface area (Å²) in [6, 6.07) is 19.9. The lowest BCUT2D eigenvalue weighted by Crippen LogP contribution is -2.42. The number of methoxy groups -OCH3 is 3. The number of carbonyl (C=O) groups excluding carboxylic acids is 1. The summed E-state index contributed by atoms with van der Waals surface area (Å²) in [5, 5.41) is 3.18. The van der Waals surface area contributed by atoms with Crippen molar-refractivity contribution in [2.45, 2.75) is 25.9 Å². The number of nitrogens with zero attached hydrogens (tertiary/aromatic N) is 1. The first-order valence-corrected chi connectivity index (χ1v) is 11.5. The van der Waals surface area contributed by atoms with Crippen LogP contribution in [-0.4, -0.2) is 45.2 Å². The molecule has 4 rings (SSSR count). The SMILES string of the molecule is COc1ccc(CN2CCc3cc(OC)c(OC)cc3[C@@H]2CNC(=O)c2ccccc2C)cc1. The first-order valence-electron chi connectivity index (χ1n) is 11.5. The van der Waals surface area contributed by atoms with Crippen molar-refractivity contribution in [3.8, 4) is 17.2 Å². The molecule has 0 radical (unpaired) electrons. The summed E-state index contributed by atoms with van der Waals surface area (Å²) in [4.78, 5) is 15.4. The summed E-state index contributed by atoms with van der Waals surface area (Å²) in [6.45, 7) is 4.09. The topological polar surface area (TPSA) is 60.0 Å². The lowest BCUT2D eigenvalue weighted by atomic mass is 9.91. The lowest BCUT2D eigenvalue weighted by Gasteiger charge is -2.38. The van der Waals surface area contributed by atoms with E-state index in [0.29, 0.717) is 17.9 Å². The Labute approximate surface area is 201 Å². The minimum Gasteiger partial charge on any atom is -0.497 e. The number of hydrogen-bond acceptors (Lipinski definition) is 5. The van der Waals surface area contributed by atoms with Crippen LogP contribution in [0.25, 0.3) is 0 Å². The van der Waals surface area contributed by atoms with Gasteiger partial charge in [-0.2, -0.15) is 0 Å². The Balaban J connectivity index is 1.62. The van der Waals surface area contributed by atoms with Gasteiger partial charge in [-0.1, -0.05) is 30.3 Å². The molecule has 3 aromatic carbocycles. The number of amides is 1. The molecule has 178 valence electrons. The van der Waals surface area contributed by atoms with E-state index >= 15 is 0 Å². The first kappa shape index (κ1) is 23.6. The highest BCUT2D eigenvalue weighted by atomic mass is 16.5. The van der Waals surface area contributed by atoms with Crippen LogP contribution in [0.2, 0.25) is 0 Å². The van der Waals surface area contributed by atoms with Gasteiger partial charge in [0.2, 0.25) is 0 Å². The van der Waals surface area contributed by atoms with Crippen LogP contribution < -0.4 is 19.5 Å². The van der Waals surface area contributed by atoms with Gasteiger partial charge < -0.3 is 19.5 Å². The molecule has 1 amide bonds. The number of rotatable bonds is 8. The molecule has 0 spiro atoms. The van der Waals surface area contributed by atoms with Gasteiger partial charge in [0, 0.05) is 25.2 Å². The predicted molar refractivity (Wildman–Crippen MR) is 133 cm³/mol. The van der Waals surface area contributed by atoms with Gasteiger partial charge in [-0.3, -0.25) is 9.69 Å². The van der Waals surface area contributed by atoms with Crippen molar-refractivity contribution in [3.63, 3.8) is 0 Å². The number of hydrogen-bond donors (Lipinski definition) is 1. The summed E-state index contributed by atoms with van der Waals surface area (Å²) in [7, 11) is 4.98. The molecule has 1 heterocycles. The number of aryl methyl sites for hydroxylation is 1. The second kappa shape index (κ2) is 10.6. The third kappa shape index (κ3) is 5.02. The van der Waals surface area contributed by atoms with Crippen molar-refractivity contribution in [2.24, 2.45) is 0 Å². The van der Waals surface area contributed by atoms with E-state index in [0.717, 1.165) is 42.1 Å². The molecule has 0 saturated heterocycles. The summed E-state index contributed by atoms with van der Waals surface area (Å²) >= 11 is 0. The zero-order valence-corrected chi connectivity index (χ0v) is 20.3. The van der Waals surface area contributed by atoms with Gasteiger partial charge in [0.15, 0.2) is 11.5 Å². The van der Waals surface area contributed by atoms with Gasteiger partial charge in [-0.05, 0) is 65.9 Å². The molecule has 3 aromatic rings. The number of carbonyl (C=O) groups is 1. The van der Waals surface area contributed by atoms with Crippen LogP contribution in [0, 0.1) is 6.92 Å². The molecule has 0 bridgehead atoms. The van der Waals surface area contributed by atoms with Crippen molar-refractivity contribution in [1.29, 1.82) is 0 Å². The average molecular weight is 461 g/mol. The lowest BCUT2D eigenvalue weighted by molar-refractivity contribution is 0.0925. The third-order valence-corrected chi connectivity index (χ3v) is 6.50. The molecule has 1 atom stereocenters. The molecule has 0 aromatic heterocycles. The maximum Gasteiger partial charge on any atom is 0.251 e. The molecule has 6 heteroatoms. The predicted octanol–water partition coefficient (Wildman–Crippen LogP) is 4.55. The van der Waals surface area contributed by atoms with Crippen LogP contribution in [0.15, 0.2) is 60.7 Å². The highest BCUT2D eigenvalue weighted by Crippen LogP contribution is 2.38. The molecule has 1 N–H and O–H groups in total. The Morgan fingerprint density at radius 2 is 1.68 bits per heavy atom. The zero-order valence-electron chi connectivity index (χ0n) is 20.3. The summed E-state index contributed by atoms with van der Waals surface area (Å²) < 4.78 is 16.4. The van der Waals surface area contributed by atoms with E-state index in [1.807, 2.05) is 43.3 Å². The largest absolute Gasteiger partial charge is 0.497 e. The zero-order chi connectivity index (χ0) is 24.1. The van der Waals surface area contributed by atoms with Crippen LogP contribution in [-0.2, 0) is 13.0 Å². The van der Waals surface area contributed by atoms with E-state index in [4.69, 9.17) is 14.2 Å². The number of fused-ring (bicyclic) bond motifs is 1. The summed E-state index contributed by atoms with van der Waals surface area (Å²) in [5.74, 6) is 2.21. The molecule has 6 nitrogen and oxygen atoms in total. The molecule has 34 heavy (non-hydrogen) atoms. The fourth-order valence-electron chi connectivity index (χ4n) is 4.59. The Bertz CT molecular complexity index is 1140. The van der Waals surface area contributed by atoms with Gasteiger partial charge in [0.05, 0.1) is 27.4 Å². The monoisotopic (exact) mass is 460 g/mol. The Hall–Kier alpha value is -3.51. The Morgan fingerprint density at radius 1 is 0.971 bits per heavy atom. The molecule has 0 fully saturated rings. The van der Waals surface area contributed by atoms with Gasteiger partial charge in [0.25, 0.3) is 5.91 Å². The Kier molecular flexibility index (Phi) is 7.38. The first-order chi connectivity index (χ1) is 16.5. The quantitative estimate of drug-likeness (QED) is 0.534. The van der Waals surface area contributed by atoms with Crippen LogP contribution in [0.4, 0.5) is 0 Å². The normalized spacial score (nSPS) is 15.4. The molecule has 1 aliphatic heterocycles. The van der Waals surface area contributed by atoms with Crippen LogP contribution in [0.1, 0.15) is 38.7 Å².